The minimum Gasteiger partial charge on any atom is -0.495 e. The first-order chi connectivity index (χ1) is 15.0. The van der Waals surface area contributed by atoms with Crippen molar-refractivity contribution in [2.24, 2.45) is 0 Å². The molecule has 0 saturated heterocycles. The lowest BCUT2D eigenvalue weighted by molar-refractivity contribution is -0.118. The molecule has 7 heteroatoms. The molecule has 0 bridgehead atoms. The van der Waals surface area contributed by atoms with Gasteiger partial charge in [0, 0.05) is 17.8 Å². The first-order valence-corrected chi connectivity index (χ1v) is 10.1. The SMILES string of the molecule is COc1ccccc1NC(=O)COc1coc(CN2c3ccccc3C[C@H]2C)cc1=O. The Morgan fingerprint density at radius 1 is 1.16 bits per heavy atom. The van der Waals surface area contributed by atoms with Crippen LogP contribution in [0.5, 0.6) is 11.5 Å². The Morgan fingerprint density at radius 2 is 1.94 bits per heavy atom. The average molecular weight is 420 g/mol. The van der Waals surface area contributed by atoms with Crippen LogP contribution >= 0.6 is 0 Å². The van der Waals surface area contributed by atoms with E-state index < -0.39 is 5.91 Å². The molecular weight excluding hydrogens is 396 g/mol. The van der Waals surface area contributed by atoms with Crippen LogP contribution in [0.1, 0.15) is 18.2 Å². The van der Waals surface area contributed by atoms with Crippen molar-refractivity contribution < 1.29 is 18.7 Å². The predicted molar refractivity (Wildman–Crippen MR) is 118 cm³/mol. The van der Waals surface area contributed by atoms with Gasteiger partial charge in [0.1, 0.15) is 17.8 Å². The highest BCUT2D eigenvalue weighted by molar-refractivity contribution is 5.93. The van der Waals surface area contributed by atoms with Gasteiger partial charge in [-0.2, -0.15) is 0 Å². The minimum absolute atomic E-state index is 0.00574. The number of carbonyl (C=O) groups excluding carboxylic acids is 1. The Balaban J connectivity index is 1.38. The van der Waals surface area contributed by atoms with Gasteiger partial charge < -0.3 is 24.1 Å². The molecule has 1 aliphatic heterocycles. The number of hydrogen-bond donors (Lipinski definition) is 1. The number of nitrogens with one attached hydrogen (secondary N) is 1. The van der Waals surface area contributed by atoms with Gasteiger partial charge in [-0.3, -0.25) is 9.59 Å². The summed E-state index contributed by atoms with van der Waals surface area (Å²) in [4.78, 5) is 26.9. The van der Waals surface area contributed by atoms with Gasteiger partial charge >= 0.3 is 0 Å². The van der Waals surface area contributed by atoms with Gasteiger partial charge in [-0.15, -0.1) is 0 Å². The van der Waals surface area contributed by atoms with Gasteiger partial charge in [0.15, 0.2) is 6.61 Å². The summed E-state index contributed by atoms with van der Waals surface area (Å²) in [6.45, 7) is 2.32. The molecule has 0 unspecified atom stereocenters. The highest BCUT2D eigenvalue weighted by Gasteiger charge is 2.26. The molecule has 1 aromatic heterocycles. The van der Waals surface area contributed by atoms with E-state index in [1.165, 1.54) is 25.0 Å². The van der Waals surface area contributed by atoms with E-state index in [0.717, 1.165) is 12.1 Å². The molecule has 160 valence electrons. The van der Waals surface area contributed by atoms with Gasteiger partial charge in [0.25, 0.3) is 5.91 Å². The van der Waals surface area contributed by atoms with Crippen molar-refractivity contribution in [1.29, 1.82) is 0 Å². The Bertz CT molecular complexity index is 1140. The Hall–Kier alpha value is -3.74. The van der Waals surface area contributed by atoms with Gasteiger partial charge in [0.2, 0.25) is 11.2 Å². The zero-order chi connectivity index (χ0) is 21.8. The van der Waals surface area contributed by atoms with Crippen LogP contribution in [-0.2, 0) is 17.8 Å². The van der Waals surface area contributed by atoms with Crippen molar-refractivity contribution in [2.45, 2.75) is 25.9 Å². The lowest BCUT2D eigenvalue weighted by atomic mass is 10.1. The molecule has 0 spiro atoms. The zero-order valence-corrected chi connectivity index (χ0v) is 17.5. The number of benzene rings is 2. The van der Waals surface area contributed by atoms with Crippen molar-refractivity contribution >= 4 is 17.3 Å². The van der Waals surface area contributed by atoms with Crippen LogP contribution in [0.4, 0.5) is 11.4 Å². The topological polar surface area (TPSA) is 81.0 Å². The number of fused-ring (bicyclic) bond motifs is 1. The summed E-state index contributed by atoms with van der Waals surface area (Å²) in [6, 6.07) is 17.0. The summed E-state index contributed by atoms with van der Waals surface area (Å²) < 4.78 is 16.2. The molecular formula is C24H24N2O5. The fourth-order valence-corrected chi connectivity index (χ4v) is 3.74. The third-order valence-electron chi connectivity index (χ3n) is 5.27. The molecule has 1 aliphatic rings. The van der Waals surface area contributed by atoms with Crippen LogP contribution in [-0.4, -0.2) is 25.7 Å². The maximum atomic E-state index is 12.5. The highest BCUT2D eigenvalue weighted by atomic mass is 16.5. The van der Waals surface area contributed by atoms with E-state index in [0.29, 0.717) is 29.8 Å². The maximum absolute atomic E-state index is 12.5. The smallest absolute Gasteiger partial charge is 0.262 e. The highest BCUT2D eigenvalue weighted by Crippen LogP contribution is 2.33. The minimum atomic E-state index is -0.407. The fourth-order valence-electron chi connectivity index (χ4n) is 3.74. The molecule has 2 aromatic carbocycles. The molecule has 7 nitrogen and oxygen atoms in total. The number of methoxy groups -OCH3 is 1. The second kappa shape index (κ2) is 8.95. The van der Waals surface area contributed by atoms with Crippen LogP contribution in [0.2, 0.25) is 0 Å². The standard InChI is InChI=1S/C24H24N2O5/c1-16-11-17-7-3-5-9-20(17)26(16)13-18-12-21(27)23(14-30-18)31-15-24(28)25-19-8-4-6-10-22(19)29-2/h3-10,12,14,16H,11,13,15H2,1-2H3,(H,25,28)/t16-/m1/s1. The number of hydrogen-bond acceptors (Lipinski definition) is 6. The quantitative estimate of drug-likeness (QED) is 0.629. The second-order valence-corrected chi connectivity index (χ2v) is 7.42. The Kier molecular flexibility index (Phi) is 5.93. The molecule has 2 heterocycles. The summed E-state index contributed by atoms with van der Waals surface area (Å²) in [6.07, 6.45) is 2.23. The lowest BCUT2D eigenvalue weighted by Crippen LogP contribution is -2.29. The summed E-state index contributed by atoms with van der Waals surface area (Å²) in [5, 5.41) is 2.70. The second-order valence-electron chi connectivity index (χ2n) is 7.42. The number of para-hydroxylation sites is 3. The number of nitrogens with zero attached hydrogens (tertiary/aromatic N) is 1. The van der Waals surface area contributed by atoms with E-state index in [1.807, 2.05) is 12.1 Å². The maximum Gasteiger partial charge on any atom is 0.262 e. The molecule has 0 radical (unpaired) electrons. The van der Waals surface area contributed by atoms with Crippen LogP contribution in [0, 0.1) is 0 Å². The first-order valence-electron chi connectivity index (χ1n) is 10.1. The van der Waals surface area contributed by atoms with Crippen LogP contribution < -0.4 is 25.1 Å². The number of ether oxygens (including phenoxy) is 2. The largest absolute Gasteiger partial charge is 0.495 e. The van der Waals surface area contributed by atoms with Crippen molar-refractivity contribution in [1.82, 2.24) is 0 Å². The van der Waals surface area contributed by atoms with Gasteiger partial charge in [-0.25, -0.2) is 0 Å². The van der Waals surface area contributed by atoms with E-state index in [9.17, 15) is 9.59 Å². The molecule has 1 amide bonds. The molecule has 1 atom stereocenters. The third-order valence-corrected chi connectivity index (χ3v) is 5.27. The van der Waals surface area contributed by atoms with Gasteiger partial charge in [-0.05, 0) is 37.1 Å². The van der Waals surface area contributed by atoms with E-state index >= 15 is 0 Å². The van der Waals surface area contributed by atoms with Crippen LogP contribution in [0.25, 0.3) is 0 Å². The van der Waals surface area contributed by atoms with E-state index in [1.54, 1.807) is 24.3 Å². The van der Waals surface area contributed by atoms with E-state index in [4.69, 9.17) is 13.9 Å². The molecule has 1 N–H and O–H groups in total. The predicted octanol–water partition coefficient (Wildman–Crippen LogP) is 3.62. The van der Waals surface area contributed by atoms with Crippen molar-refractivity contribution in [3.63, 3.8) is 0 Å². The van der Waals surface area contributed by atoms with Gasteiger partial charge in [-0.1, -0.05) is 30.3 Å². The normalized spacial score (nSPS) is 14.8. The summed E-state index contributed by atoms with van der Waals surface area (Å²) in [7, 11) is 1.52. The Morgan fingerprint density at radius 3 is 2.74 bits per heavy atom. The Labute approximate surface area is 180 Å². The summed E-state index contributed by atoms with van der Waals surface area (Å²) in [5.74, 6) is 0.668. The molecule has 3 aromatic rings. The molecule has 0 fully saturated rings. The fraction of sp³-hybridized carbons (Fsp3) is 0.250. The number of anilines is 2. The summed E-state index contributed by atoms with van der Waals surface area (Å²) >= 11 is 0. The molecule has 31 heavy (non-hydrogen) atoms. The van der Waals surface area contributed by atoms with Crippen molar-refractivity contribution in [2.75, 3.05) is 23.9 Å². The summed E-state index contributed by atoms with van der Waals surface area (Å²) in [5.41, 5.74) is 2.65. The first kappa shape index (κ1) is 20.5. The zero-order valence-electron chi connectivity index (χ0n) is 17.5. The number of carbonyl (C=O) groups is 1. The molecule has 0 saturated carbocycles. The van der Waals surface area contributed by atoms with Crippen molar-refractivity contribution in [3.8, 4) is 11.5 Å². The van der Waals surface area contributed by atoms with Gasteiger partial charge in [0.05, 0.1) is 19.3 Å². The third kappa shape index (κ3) is 4.55. The van der Waals surface area contributed by atoms with Crippen LogP contribution in [0.15, 0.2) is 70.1 Å². The van der Waals surface area contributed by atoms with E-state index in [2.05, 4.69) is 29.3 Å². The number of amides is 1. The number of rotatable bonds is 7. The monoisotopic (exact) mass is 420 g/mol. The van der Waals surface area contributed by atoms with Crippen LogP contribution in [0.3, 0.4) is 0 Å². The van der Waals surface area contributed by atoms with Crippen molar-refractivity contribution in [3.05, 3.63) is 82.4 Å². The lowest BCUT2D eigenvalue weighted by Gasteiger charge is -2.24. The average Bonchev–Trinajstić information content (AvgIpc) is 3.08. The molecule has 0 aliphatic carbocycles. The van der Waals surface area contributed by atoms with E-state index in [-0.39, 0.29) is 17.8 Å². The molecule has 4 rings (SSSR count).